The van der Waals surface area contributed by atoms with E-state index in [0.717, 1.165) is 67.1 Å². The van der Waals surface area contributed by atoms with E-state index in [0.29, 0.717) is 23.3 Å². The van der Waals surface area contributed by atoms with Gasteiger partial charge >= 0.3 is 5.76 Å². The minimum atomic E-state index is -0.631. The van der Waals surface area contributed by atoms with Gasteiger partial charge < -0.3 is 19.2 Å². The van der Waals surface area contributed by atoms with E-state index in [4.69, 9.17) is 23.9 Å². The molecule has 3 fully saturated rings. The number of aromatic nitrogens is 6. The lowest BCUT2D eigenvalue weighted by atomic mass is 9.80. The van der Waals surface area contributed by atoms with Crippen LogP contribution in [0.25, 0.3) is 22.8 Å². The second-order valence-corrected chi connectivity index (χ2v) is 12.9. The molecule has 4 aromatic heterocycles. The Kier molecular flexibility index (Phi) is 7.27. The van der Waals surface area contributed by atoms with Gasteiger partial charge in [-0.15, -0.1) is 0 Å². The van der Waals surface area contributed by atoms with Crippen LogP contribution in [0.2, 0.25) is 0 Å². The summed E-state index contributed by atoms with van der Waals surface area (Å²) in [6.07, 6.45) is 11.9. The summed E-state index contributed by atoms with van der Waals surface area (Å²) < 4.78 is 13.4. The highest BCUT2D eigenvalue weighted by Gasteiger charge is 2.34. The largest absolute Gasteiger partial charge is 0.464 e. The Morgan fingerprint density at radius 3 is 2.57 bits per heavy atom. The summed E-state index contributed by atoms with van der Waals surface area (Å²) >= 11 is 0. The molecule has 7 rings (SSSR count). The van der Waals surface area contributed by atoms with Gasteiger partial charge in [-0.1, -0.05) is 31.3 Å². The Labute approximate surface area is 245 Å². The van der Waals surface area contributed by atoms with E-state index in [1.165, 1.54) is 44.9 Å². The first-order chi connectivity index (χ1) is 20.4. The van der Waals surface area contributed by atoms with Crippen molar-refractivity contribution in [2.45, 2.75) is 104 Å². The molecule has 0 amide bonds. The molecule has 11 nitrogen and oxygen atoms in total. The van der Waals surface area contributed by atoms with Gasteiger partial charge in [-0.2, -0.15) is 4.98 Å². The number of hydrogen-bond acceptors (Lipinski definition) is 9. The molecule has 1 saturated heterocycles. The zero-order chi connectivity index (χ0) is 28.8. The third-order valence-corrected chi connectivity index (χ3v) is 9.88. The van der Waals surface area contributed by atoms with Gasteiger partial charge in [-0.05, 0) is 88.7 Å². The Balaban J connectivity index is 1.38. The molecule has 2 atom stereocenters. The van der Waals surface area contributed by atoms with Crippen LogP contribution >= 0.6 is 0 Å². The fraction of sp³-hybridized carbons (Fsp3) is 0.645. The summed E-state index contributed by atoms with van der Waals surface area (Å²) in [7, 11) is 0. The van der Waals surface area contributed by atoms with Crippen LogP contribution in [0.1, 0.15) is 95.6 Å². The zero-order valence-corrected chi connectivity index (χ0v) is 24.9. The molecule has 0 bridgehead atoms. The van der Waals surface area contributed by atoms with Crippen LogP contribution < -0.4 is 16.0 Å². The standard InChI is InChI=1S/C31H42N8O3/c1-18-10-13-21(14-11-18)17-39-25-26(32-20(3)22-7-6-8-22)33-28(29-36-31(40)42-37-29)34-27(25)35-30(39)38-16-5-4-9-23(38)24-15-12-19(2)41-24/h12,15,18,20-23H,4-11,13-14,16-17H2,1-3H3,(H,32,33,34)(H,36,37,40)/t18?,20-,21?,23?/m1/s1. The molecular formula is C31H42N8O3. The van der Waals surface area contributed by atoms with E-state index in [1.54, 1.807) is 0 Å². The van der Waals surface area contributed by atoms with Crippen LogP contribution in [0.5, 0.6) is 0 Å². The topological polar surface area (TPSA) is 131 Å². The Morgan fingerprint density at radius 1 is 1.05 bits per heavy atom. The number of aryl methyl sites for hydroxylation is 1. The maximum Gasteiger partial charge on any atom is 0.439 e. The predicted molar refractivity (Wildman–Crippen MR) is 160 cm³/mol. The first-order valence-electron chi connectivity index (χ1n) is 15.9. The Bertz CT molecular complexity index is 1590. The second kappa shape index (κ2) is 11.2. The molecule has 0 radical (unpaired) electrons. The van der Waals surface area contributed by atoms with Gasteiger partial charge in [0.1, 0.15) is 17.0 Å². The molecule has 2 N–H and O–H groups in total. The van der Waals surface area contributed by atoms with Crippen molar-refractivity contribution in [2.24, 2.45) is 17.8 Å². The molecule has 1 aliphatic heterocycles. The lowest BCUT2D eigenvalue weighted by Crippen LogP contribution is -2.36. The Hall–Kier alpha value is -3.63. The fourth-order valence-electron chi connectivity index (χ4n) is 7.09. The van der Waals surface area contributed by atoms with E-state index in [2.05, 4.69) is 50.9 Å². The van der Waals surface area contributed by atoms with Crippen molar-refractivity contribution in [3.8, 4) is 11.6 Å². The van der Waals surface area contributed by atoms with Crippen molar-refractivity contribution in [2.75, 3.05) is 16.8 Å². The average molecular weight is 575 g/mol. The average Bonchev–Trinajstić information content (AvgIpc) is 3.67. The number of fused-ring (bicyclic) bond motifs is 1. The quantitative estimate of drug-likeness (QED) is 0.251. The molecule has 2 aliphatic carbocycles. The molecule has 5 heterocycles. The number of rotatable bonds is 8. The molecule has 224 valence electrons. The highest BCUT2D eigenvalue weighted by atomic mass is 16.5. The highest BCUT2D eigenvalue weighted by Crippen LogP contribution is 2.40. The lowest BCUT2D eigenvalue weighted by molar-refractivity contribution is 0.265. The molecule has 1 unspecified atom stereocenters. The number of anilines is 2. The van der Waals surface area contributed by atoms with E-state index >= 15 is 0 Å². The zero-order valence-electron chi connectivity index (χ0n) is 24.9. The normalized spacial score (nSPS) is 24.2. The SMILES string of the molecule is Cc1ccc(C2CCCCN2c2nc3nc(-c4noc(=O)[nH]4)nc(N[C@H](C)C4CCC4)c3n2CC2CCC(C)CC2)o1. The maximum atomic E-state index is 11.8. The number of furan rings is 1. The minimum Gasteiger partial charge on any atom is -0.464 e. The fourth-order valence-corrected chi connectivity index (χ4v) is 7.09. The number of nitrogens with zero attached hydrogens (tertiary/aromatic N) is 6. The molecule has 0 aromatic carbocycles. The molecule has 2 saturated carbocycles. The van der Waals surface area contributed by atoms with Crippen LogP contribution in [0.3, 0.4) is 0 Å². The summed E-state index contributed by atoms with van der Waals surface area (Å²) in [5.74, 6) is 5.40. The van der Waals surface area contributed by atoms with Gasteiger partial charge in [0.2, 0.25) is 17.6 Å². The summed E-state index contributed by atoms with van der Waals surface area (Å²) in [6, 6.07) is 4.52. The van der Waals surface area contributed by atoms with Gasteiger partial charge in [0.25, 0.3) is 0 Å². The van der Waals surface area contributed by atoms with Gasteiger partial charge in [0, 0.05) is 19.1 Å². The monoisotopic (exact) mass is 574 g/mol. The molecule has 3 aliphatic rings. The first-order valence-corrected chi connectivity index (χ1v) is 15.9. The number of H-pyrrole nitrogens is 1. The number of piperidine rings is 1. The third-order valence-electron chi connectivity index (χ3n) is 9.88. The number of aromatic amines is 1. The molecule has 11 heteroatoms. The van der Waals surface area contributed by atoms with Gasteiger partial charge in [0.15, 0.2) is 11.5 Å². The van der Waals surface area contributed by atoms with E-state index in [-0.39, 0.29) is 17.9 Å². The lowest BCUT2D eigenvalue weighted by Gasteiger charge is -2.36. The van der Waals surface area contributed by atoms with Crippen LogP contribution in [0.15, 0.2) is 25.9 Å². The number of nitrogens with one attached hydrogen (secondary N) is 2. The van der Waals surface area contributed by atoms with Crippen molar-refractivity contribution >= 4 is 22.9 Å². The van der Waals surface area contributed by atoms with Crippen LogP contribution in [-0.4, -0.2) is 42.2 Å². The third kappa shape index (κ3) is 5.22. The van der Waals surface area contributed by atoms with E-state index in [9.17, 15) is 4.79 Å². The summed E-state index contributed by atoms with van der Waals surface area (Å²) in [5.41, 5.74) is 1.52. The minimum absolute atomic E-state index is 0.110. The highest BCUT2D eigenvalue weighted by molar-refractivity contribution is 5.87. The van der Waals surface area contributed by atoms with Gasteiger partial charge in [0.05, 0.1) is 6.04 Å². The smallest absolute Gasteiger partial charge is 0.439 e. The van der Waals surface area contributed by atoms with Crippen LogP contribution in [-0.2, 0) is 6.54 Å². The van der Waals surface area contributed by atoms with Gasteiger partial charge in [-0.25, -0.2) is 14.8 Å². The van der Waals surface area contributed by atoms with E-state index < -0.39 is 5.76 Å². The van der Waals surface area contributed by atoms with Crippen molar-refractivity contribution in [3.63, 3.8) is 0 Å². The Morgan fingerprint density at radius 2 is 1.88 bits per heavy atom. The van der Waals surface area contributed by atoms with Crippen LogP contribution in [0.4, 0.5) is 11.8 Å². The maximum absolute atomic E-state index is 11.8. The molecule has 4 aromatic rings. The number of hydrogen-bond donors (Lipinski definition) is 2. The summed E-state index contributed by atoms with van der Waals surface area (Å²) in [6.45, 7) is 8.37. The first kappa shape index (κ1) is 27.2. The molecule has 0 spiro atoms. The number of imidazole rings is 1. The molecular weight excluding hydrogens is 532 g/mol. The van der Waals surface area contributed by atoms with Crippen molar-refractivity contribution in [1.82, 2.24) is 29.7 Å². The van der Waals surface area contributed by atoms with Crippen LogP contribution in [0, 0.1) is 24.7 Å². The molecule has 42 heavy (non-hydrogen) atoms. The van der Waals surface area contributed by atoms with E-state index in [1.807, 2.05) is 6.92 Å². The second-order valence-electron chi connectivity index (χ2n) is 12.9. The summed E-state index contributed by atoms with van der Waals surface area (Å²) in [5, 5.41) is 7.65. The van der Waals surface area contributed by atoms with Crippen molar-refractivity contribution < 1.29 is 8.94 Å². The summed E-state index contributed by atoms with van der Waals surface area (Å²) in [4.78, 5) is 31.9. The van der Waals surface area contributed by atoms with Gasteiger partial charge in [-0.3, -0.25) is 9.51 Å². The van der Waals surface area contributed by atoms with Crippen molar-refractivity contribution in [1.29, 1.82) is 0 Å². The van der Waals surface area contributed by atoms with Crippen molar-refractivity contribution in [3.05, 3.63) is 34.2 Å². The predicted octanol–water partition coefficient (Wildman–Crippen LogP) is 6.23.